The lowest BCUT2D eigenvalue weighted by Crippen LogP contribution is -2.35. The summed E-state index contributed by atoms with van der Waals surface area (Å²) in [5.74, 6) is 0.266. The Bertz CT molecular complexity index is 2030. The molecule has 0 saturated heterocycles. The lowest BCUT2D eigenvalue weighted by atomic mass is 10.3. The van der Waals surface area contributed by atoms with E-state index in [9.17, 15) is 18.0 Å². The van der Waals surface area contributed by atoms with E-state index in [2.05, 4.69) is 25.3 Å². The highest BCUT2D eigenvalue weighted by Gasteiger charge is 2.23. The Hall–Kier alpha value is -5.39. The van der Waals surface area contributed by atoms with Gasteiger partial charge in [-0.1, -0.05) is 23.7 Å². The standard InChI is InChI=1S/C16H12ClNO5.C14H16ClN5O5S/c1-9(15(19)20)21-11-3-5-12(6-4-11)22-16-18-13-7-2-10(17)8-14(13)23-16;1-9-16-12(19-14(17-9)24-2)18-13(21)20-26(22,23)11-6-4-3-5-10(11)25-8-7-15/h2-9H,1H3,(H,19,20);3-6H,7-8H2,1-2H3,(H2,16,17,18,19,20,21). The van der Waals surface area contributed by atoms with Crippen molar-refractivity contribution in [1.82, 2.24) is 24.7 Å². The zero-order valence-electron chi connectivity index (χ0n) is 25.9. The second kappa shape index (κ2) is 16.6. The molecule has 0 aliphatic rings. The van der Waals surface area contributed by atoms with E-state index >= 15 is 0 Å². The zero-order valence-corrected chi connectivity index (χ0v) is 28.2. The van der Waals surface area contributed by atoms with Crippen LogP contribution in [0.3, 0.4) is 0 Å². The molecule has 2 heterocycles. The van der Waals surface area contributed by atoms with Crippen molar-refractivity contribution in [3.05, 3.63) is 77.6 Å². The number of nitrogens with one attached hydrogen (secondary N) is 2. The number of aromatic nitrogens is 4. The van der Waals surface area contributed by atoms with Crippen LogP contribution in [0.4, 0.5) is 10.7 Å². The quantitative estimate of drug-likeness (QED) is 0.136. The molecule has 3 N–H and O–H groups in total. The minimum absolute atomic E-state index is 0.0181. The van der Waals surface area contributed by atoms with Gasteiger partial charge >= 0.3 is 24.1 Å². The van der Waals surface area contributed by atoms with Crippen molar-refractivity contribution in [1.29, 1.82) is 0 Å². The Morgan fingerprint density at radius 3 is 2.41 bits per heavy atom. The number of hydrogen-bond acceptors (Lipinski definition) is 13. The highest BCUT2D eigenvalue weighted by Crippen LogP contribution is 2.28. The normalized spacial score (nSPS) is 11.4. The smallest absolute Gasteiger partial charge is 0.400 e. The summed E-state index contributed by atoms with van der Waals surface area (Å²) in [6.07, 6.45) is -0.835. The molecule has 0 spiro atoms. The molecule has 16 nitrogen and oxygen atoms in total. The van der Waals surface area contributed by atoms with Gasteiger partial charge in [0.15, 0.2) is 11.7 Å². The molecule has 2 aromatic heterocycles. The van der Waals surface area contributed by atoms with Crippen molar-refractivity contribution in [2.45, 2.75) is 24.8 Å². The van der Waals surface area contributed by atoms with Gasteiger partial charge in [-0.15, -0.1) is 11.6 Å². The van der Waals surface area contributed by atoms with E-state index in [-0.39, 0.29) is 47.0 Å². The van der Waals surface area contributed by atoms with Gasteiger partial charge in [-0.2, -0.15) is 19.9 Å². The molecular formula is C30H28Cl2N6O10S. The summed E-state index contributed by atoms with van der Waals surface area (Å²) < 4.78 is 53.1. The van der Waals surface area contributed by atoms with Crippen LogP contribution in [0.1, 0.15) is 12.7 Å². The third-order valence-electron chi connectivity index (χ3n) is 5.86. The summed E-state index contributed by atoms with van der Waals surface area (Å²) in [4.78, 5) is 38.3. The summed E-state index contributed by atoms with van der Waals surface area (Å²) in [5.41, 5.74) is 1.17. The largest absolute Gasteiger partial charge is 0.491 e. The molecule has 1 atom stereocenters. The van der Waals surface area contributed by atoms with Gasteiger partial charge in [0.1, 0.15) is 40.1 Å². The van der Waals surface area contributed by atoms with Crippen molar-refractivity contribution >= 4 is 62.3 Å². The number of carboxylic acid groups (broad SMARTS) is 1. The molecule has 0 aliphatic heterocycles. The highest BCUT2D eigenvalue weighted by molar-refractivity contribution is 7.90. The molecular weight excluding hydrogens is 707 g/mol. The Balaban J connectivity index is 0.000000222. The fraction of sp³-hybridized carbons (Fsp3) is 0.200. The number of alkyl halides is 1. The number of aliphatic carboxylic acids is 1. The number of aryl methyl sites for hydroxylation is 1. The number of oxazole rings is 1. The zero-order chi connectivity index (χ0) is 35.6. The fourth-order valence-electron chi connectivity index (χ4n) is 3.71. The van der Waals surface area contributed by atoms with E-state index in [0.29, 0.717) is 27.6 Å². The van der Waals surface area contributed by atoms with Crippen LogP contribution in [0.5, 0.6) is 29.3 Å². The Morgan fingerprint density at radius 2 is 1.71 bits per heavy atom. The van der Waals surface area contributed by atoms with Crippen molar-refractivity contribution in [3.63, 3.8) is 0 Å². The number of fused-ring (bicyclic) bond motifs is 1. The monoisotopic (exact) mass is 734 g/mol. The first-order chi connectivity index (χ1) is 23.4. The number of urea groups is 1. The number of ether oxygens (including phenoxy) is 4. The predicted octanol–water partition coefficient (Wildman–Crippen LogP) is 5.44. The molecule has 0 radical (unpaired) electrons. The third-order valence-corrected chi connectivity index (χ3v) is 7.62. The van der Waals surface area contributed by atoms with Crippen molar-refractivity contribution in [3.8, 4) is 29.3 Å². The van der Waals surface area contributed by atoms with Gasteiger partial charge in [-0.3, -0.25) is 5.32 Å². The van der Waals surface area contributed by atoms with Crippen LogP contribution in [-0.4, -0.2) is 71.2 Å². The van der Waals surface area contributed by atoms with Crippen LogP contribution in [0.2, 0.25) is 5.02 Å². The Labute approximate surface area is 289 Å². The van der Waals surface area contributed by atoms with E-state index in [1.165, 1.54) is 32.2 Å². The summed E-state index contributed by atoms with van der Waals surface area (Å²) >= 11 is 11.4. The van der Waals surface area contributed by atoms with E-state index in [0.717, 1.165) is 0 Å². The van der Waals surface area contributed by atoms with Gasteiger partial charge in [0, 0.05) is 11.1 Å². The topological polar surface area (TPSA) is 214 Å². The number of nitrogens with zero attached hydrogens (tertiary/aromatic N) is 4. The van der Waals surface area contributed by atoms with Gasteiger partial charge < -0.3 is 28.5 Å². The van der Waals surface area contributed by atoms with Crippen molar-refractivity contribution in [2.75, 3.05) is 24.9 Å². The van der Waals surface area contributed by atoms with Crippen LogP contribution in [-0.2, 0) is 14.8 Å². The average molecular weight is 736 g/mol. The molecule has 0 bridgehead atoms. The summed E-state index contributed by atoms with van der Waals surface area (Å²) in [6.45, 7) is 3.13. The van der Waals surface area contributed by atoms with Crippen LogP contribution < -0.4 is 29.0 Å². The van der Waals surface area contributed by atoms with Gasteiger partial charge in [0.25, 0.3) is 10.0 Å². The number of rotatable bonds is 12. The molecule has 0 saturated carbocycles. The lowest BCUT2D eigenvalue weighted by Gasteiger charge is -2.12. The average Bonchev–Trinajstić information content (AvgIpc) is 3.45. The number of benzene rings is 3. The van der Waals surface area contributed by atoms with Gasteiger partial charge in [-0.05, 0) is 62.4 Å². The molecule has 19 heteroatoms. The number of carbonyl (C=O) groups excluding carboxylic acids is 1. The second-order valence-electron chi connectivity index (χ2n) is 9.50. The van der Waals surface area contributed by atoms with E-state index in [1.807, 2.05) is 4.72 Å². The predicted molar refractivity (Wildman–Crippen MR) is 176 cm³/mol. The summed E-state index contributed by atoms with van der Waals surface area (Å²) in [6, 6.07) is 16.4. The first-order valence-electron chi connectivity index (χ1n) is 14.0. The molecule has 5 aromatic rings. The maximum absolute atomic E-state index is 12.4. The maximum atomic E-state index is 12.4. The highest BCUT2D eigenvalue weighted by atomic mass is 35.5. The number of sulfonamides is 1. The van der Waals surface area contributed by atoms with E-state index in [1.54, 1.807) is 55.5 Å². The second-order valence-corrected chi connectivity index (χ2v) is 12.0. The van der Waals surface area contributed by atoms with Crippen LogP contribution in [0, 0.1) is 6.92 Å². The molecule has 0 aliphatic carbocycles. The number of carboxylic acids is 1. The molecule has 258 valence electrons. The van der Waals surface area contributed by atoms with Gasteiger partial charge in [-0.25, -0.2) is 22.7 Å². The van der Waals surface area contributed by atoms with Crippen molar-refractivity contribution in [2.24, 2.45) is 0 Å². The third kappa shape index (κ3) is 10.6. The number of para-hydroxylation sites is 1. The van der Waals surface area contributed by atoms with Crippen LogP contribution in [0.15, 0.2) is 76.0 Å². The Morgan fingerprint density at radius 1 is 1.00 bits per heavy atom. The van der Waals surface area contributed by atoms with E-state index in [4.69, 9.17) is 51.7 Å². The van der Waals surface area contributed by atoms with E-state index < -0.39 is 28.1 Å². The summed E-state index contributed by atoms with van der Waals surface area (Å²) in [5, 5.41) is 11.6. The number of carbonyl (C=O) groups is 2. The SMILES string of the molecule is CC(Oc1ccc(Oc2nc3ccc(Cl)cc3o2)cc1)C(=O)O.COc1nc(C)nc(NC(=O)NS(=O)(=O)c2ccccc2OCCCl)n1. The first-order valence-corrected chi connectivity index (χ1v) is 16.4. The van der Waals surface area contributed by atoms with Crippen LogP contribution in [0.25, 0.3) is 11.1 Å². The molecule has 5 rings (SSSR count). The number of anilines is 1. The lowest BCUT2D eigenvalue weighted by molar-refractivity contribution is -0.144. The fourth-order valence-corrected chi connectivity index (χ4v) is 5.00. The Kier molecular flexibility index (Phi) is 12.4. The minimum atomic E-state index is -4.20. The summed E-state index contributed by atoms with van der Waals surface area (Å²) in [7, 11) is -2.85. The minimum Gasteiger partial charge on any atom is -0.491 e. The number of hydrogen-bond donors (Lipinski definition) is 3. The number of amides is 2. The maximum Gasteiger partial charge on any atom is 0.400 e. The molecule has 1 unspecified atom stereocenters. The molecule has 49 heavy (non-hydrogen) atoms. The molecule has 0 fully saturated rings. The number of halogens is 2. The molecule has 3 aromatic carbocycles. The van der Waals surface area contributed by atoms with Gasteiger partial charge in [0.2, 0.25) is 5.95 Å². The first kappa shape index (κ1) is 36.4. The van der Waals surface area contributed by atoms with Crippen molar-refractivity contribution < 1.29 is 46.5 Å². The van der Waals surface area contributed by atoms with Gasteiger partial charge in [0.05, 0.1) is 13.0 Å². The molecule has 2 amide bonds. The number of methoxy groups -OCH3 is 1. The van der Waals surface area contributed by atoms with Crippen LogP contribution >= 0.6 is 23.2 Å².